The van der Waals surface area contributed by atoms with Crippen molar-refractivity contribution in [1.29, 1.82) is 5.26 Å². The third-order valence-electron chi connectivity index (χ3n) is 3.06. The zero-order chi connectivity index (χ0) is 11.0. The van der Waals surface area contributed by atoms with Gasteiger partial charge in [0, 0.05) is 18.1 Å². The zero-order valence-electron chi connectivity index (χ0n) is 8.83. The number of nitriles is 1. The molecule has 2 aromatic heterocycles. The first-order valence-electron chi connectivity index (χ1n) is 5.47. The average molecular weight is 212 g/mol. The van der Waals surface area contributed by atoms with Gasteiger partial charge in [0.05, 0.1) is 23.4 Å². The number of fused-ring (bicyclic) bond motifs is 2. The second kappa shape index (κ2) is 3.53. The molecule has 1 atom stereocenters. The highest BCUT2D eigenvalue weighted by molar-refractivity contribution is 5.80. The van der Waals surface area contributed by atoms with Gasteiger partial charge in [-0.3, -0.25) is 0 Å². The average Bonchev–Trinajstić information content (AvgIpc) is 2.66. The fraction of sp³-hybridized carbons (Fsp3) is 0.333. The summed E-state index contributed by atoms with van der Waals surface area (Å²) in [4.78, 5) is 7.69. The second-order valence-electron chi connectivity index (χ2n) is 4.14. The molecule has 1 unspecified atom stereocenters. The predicted molar refractivity (Wildman–Crippen MR) is 62.0 cm³/mol. The van der Waals surface area contributed by atoms with E-state index in [4.69, 9.17) is 5.26 Å². The molecule has 0 aromatic carbocycles. The molecular weight excluding hydrogens is 200 g/mol. The summed E-state index contributed by atoms with van der Waals surface area (Å²) in [5.41, 5.74) is 3.06. The van der Waals surface area contributed by atoms with Gasteiger partial charge < -0.3 is 10.3 Å². The first-order valence-corrected chi connectivity index (χ1v) is 5.47. The molecule has 80 valence electrons. The first kappa shape index (κ1) is 9.22. The molecule has 1 aliphatic rings. The Balaban J connectivity index is 2.04. The van der Waals surface area contributed by atoms with Crippen LogP contribution in [0.4, 0.5) is 5.69 Å². The molecule has 0 aliphatic carbocycles. The van der Waals surface area contributed by atoms with E-state index in [0.717, 1.165) is 41.8 Å². The van der Waals surface area contributed by atoms with Gasteiger partial charge in [0.2, 0.25) is 0 Å². The maximum atomic E-state index is 8.93. The number of hydrogen-bond donors (Lipinski definition) is 2. The number of hydrogen-bond acceptors (Lipinski definition) is 3. The molecule has 0 radical (unpaired) electrons. The van der Waals surface area contributed by atoms with Gasteiger partial charge in [-0.1, -0.05) is 0 Å². The molecule has 4 heteroatoms. The Morgan fingerprint density at radius 3 is 3.31 bits per heavy atom. The van der Waals surface area contributed by atoms with Gasteiger partial charge in [-0.2, -0.15) is 5.26 Å². The van der Waals surface area contributed by atoms with E-state index in [9.17, 15) is 0 Å². The SMILES string of the molecule is N#CC1CCc2nc3[nH]ccc3cc2NC1. The minimum atomic E-state index is 0.0903. The Kier molecular flexibility index (Phi) is 2.03. The van der Waals surface area contributed by atoms with E-state index in [1.165, 1.54) is 0 Å². The lowest BCUT2D eigenvalue weighted by Crippen LogP contribution is -2.09. The molecule has 3 heterocycles. The lowest BCUT2D eigenvalue weighted by molar-refractivity contribution is 0.641. The van der Waals surface area contributed by atoms with Gasteiger partial charge in [-0.25, -0.2) is 4.98 Å². The fourth-order valence-electron chi connectivity index (χ4n) is 2.12. The molecule has 0 amide bonds. The van der Waals surface area contributed by atoms with Crippen molar-refractivity contribution in [3.05, 3.63) is 24.0 Å². The number of aromatic amines is 1. The third-order valence-corrected chi connectivity index (χ3v) is 3.06. The summed E-state index contributed by atoms with van der Waals surface area (Å²) in [6.07, 6.45) is 3.65. The monoisotopic (exact) mass is 212 g/mol. The highest BCUT2D eigenvalue weighted by atomic mass is 14.9. The van der Waals surface area contributed by atoms with Gasteiger partial charge in [0.25, 0.3) is 0 Å². The number of anilines is 1. The van der Waals surface area contributed by atoms with E-state index in [-0.39, 0.29) is 5.92 Å². The van der Waals surface area contributed by atoms with Gasteiger partial charge in [-0.05, 0) is 25.0 Å². The molecule has 1 aliphatic heterocycles. The van der Waals surface area contributed by atoms with Crippen LogP contribution in [0.25, 0.3) is 11.0 Å². The van der Waals surface area contributed by atoms with Crippen LogP contribution in [0.3, 0.4) is 0 Å². The number of H-pyrrole nitrogens is 1. The molecule has 0 spiro atoms. The van der Waals surface area contributed by atoms with Gasteiger partial charge >= 0.3 is 0 Å². The number of nitrogens with zero attached hydrogens (tertiary/aromatic N) is 2. The summed E-state index contributed by atoms with van der Waals surface area (Å²) < 4.78 is 0. The van der Waals surface area contributed by atoms with Crippen LogP contribution in [0.2, 0.25) is 0 Å². The minimum Gasteiger partial charge on any atom is -0.382 e. The normalized spacial score (nSPS) is 19.6. The van der Waals surface area contributed by atoms with Crippen molar-refractivity contribution in [1.82, 2.24) is 9.97 Å². The number of nitrogens with one attached hydrogen (secondary N) is 2. The van der Waals surface area contributed by atoms with Crippen molar-refractivity contribution in [2.24, 2.45) is 5.92 Å². The number of aromatic nitrogens is 2. The van der Waals surface area contributed by atoms with Crippen LogP contribution in [-0.4, -0.2) is 16.5 Å². The molecule has 2 N–H and O–H groups in total. The highest BCUT2D eigenvalue weighted by Gasteiger charge is 2.16. The van der Waals surface area contributed by atoms with Gasteiger partial charge in [0.15, 0.2) is 0 Å². The standard InChI is InChI=1S/C12H12N4/c13-6-8-1-2-10-11(15-7-8)5-9-3-4-14-12(9)16-10/h3-5,8,15H,1-2,7H2,(H,14,16). The molecule has 3 rings (SSSR count). The van der Waals surface area contributed by atoms with Crippen molar-refractivity contribution in [3.8, 4) is 6.07 Å². The molecule has 0 bridgehead atoms. The van der Waals surface area contributed by atoms with E-state index in [1.54, 1.807) is 0 Å². The quantitative estimate of drug-likeness (QED) is 0.702. The van der Waals surface area contributed by atoms with E-state index in [0.29, 0.717) is 0 Å². The van der Waals surface area contributed by atoms with E-state index >= 15 is 0 Å². The lowest BCUT2D eigenvalue weighted by Gasteiger charge is -2.06. The molecule has 2 aromatic rings. The summed E-state index contributed by atoms with van der Waals surface area (Å²) in [6, 6.07) is 6.43. The van der Waals surface area contributed by atoms with Gasteiger partial charge in [-0.15, -0.1) is 0 Å². The van der Waals surface area contributed by atoms with Crippen LogP contribution in [-0.2, 0) is 6.42 Å². The van der Waals surface area contributed by atoms with E-state index in [2.05, 4.69) is 27.4 Å². The minimum absolute atomic E-state index is 0.0903. The smallest absolute Gasteiger partial charge is 0.137 e. The molecular formula is C12H12N4. The Morgan fingerprint density at radius 2 is 2.44 bits per heavy atom. The molecule has 0 fully saturated rings. The van der Waals surface area contributed by atoms with Crippen molar-refractivity contribution >= 4 is 16.7 Å². The maximum Gasteiger partial charge on any atom is 0.137 e. The number of pyridine rings is 1. The molecule has 0 saturated carbocycles. The van der Waals surface area contributed by atoms with Crippen LogP contribution < -0.4 is 5.32 Å². The summed E-state index contributed by atoms with van der Waals surface area (Å²) in [5.74, 6) is 0.0903. The number of rotatable bonds is 0. The number of aryl methyl sites for hydroxylation is 1. The van der Waals surface area contributed by atoms with Crippen LogP contribution in [0.15, 0.2) is 18.3 Å². The third kappa shape index (κ3) is 1.41. The van der Waals surface area contributed by atoms with Crippen LogP contribution in [0.1, 0.15) is 12.1 Å². The van der Waals surface area contributed by atoms with Crippen molar-refractivity contribution in [3.63, 3.8) is 0 Å². The van der Waals surface area contributed by atoms with E-state index < -0.39 is 0 Å². The van der Waals surface area contributed by atoms with Crippen molar-refractivity contribution in [2.45, 2.75) is 12.8 Å². The highest BCUT2D eigenvalue weighted by Crippen LogP contribution is 2.25. The van der Waals surface area contributed by atoms with Crippen molar-refractivity contribution < 1.29 is 0 Å². The Hall–Kier alpha value is -2.02. The fourth-order valence-corrected chi connectivity index (χ4v) is 2.12. The molecule has 4 nitrogen and oxygen atoms in total. The zero-order valence-corrected chi connectivity index (χ0v) is 8.83. The van der Waals surface area contributed by atoms with E-state index in [1.807, 2.05) is 12.3 Å². The maximum absolute atomic E-state index is 8.93. The Morgan fingerprint density at radius 1 is 1.50 bits per heavy atom. The van der Waals surface area contributed by atoms with Crippen LogP contribution >= 0.6 is 0 Å². The van der Waals surface area contributed by atoms with Crippen molar-refractivity contribution in [2.75, 3.05) is 11.9 Å². The van der Waals surface area contributed by atoms with Gasteiger partial charge in [0.1, 0.15) is 5.65 Å². The largest absolute Gasteiger partial charge is 0.382 e. The summed E-state index contributed by atoms with van der Waals surface area (Å²) in [5, 5.41) is 13.3. The summed E-state index contributed by atoms with van der Waals surface area (Å²) in [7, 11) is 0. The first-order chi connectivity index (χ1) is 7.86. The lowest BCUT2D eigenvalue weighted by atomic mass is 10.1. The second-order valence-corrected chi connectivity index (χ2v) is 4.14. The molecule has 0 saturated heterocycles. The topological polar surface area (TPSA) is 64.5 Å². The summed E-state index contributed by atoms with van der Waals surface area (Å²) in [6.45, 7) is 0.723. The summed E-state index contributed by atoms with van der Waals surface area (Å²) >= 11 is 0. The Labute approximate surface area is 93.3 Å². The molecule has 16 heavy (non-hydrogen) atoms. The van der Waals surface area contributed by atoms with Crippen LogP contribution in [0, 0.1) is 17.2 Å². The van der Waals surface area contributed by atoms with Crippen LogP contribution in [0.5, 0.6) is 0 Å². The predicted octanol–water partition coefficient (Wildman–Crippen LogP) is 2.06. The Bertz CT molecular complexity index is 522.